The highest BCUT2D eigenvalue weighted by Crippen LogP contribution is 2.20. The molecule has 0 bridgehead atoms. The van der Waals surface area contributed by atoms with Crippen LogP contribution >= 0.6 is 0 Å². The molecule has 0 heterocycles. The summed E-state index contributed by atoms with van der Waals surface area (Å²) in [6.07, 6.45) is 31.8. The molecule has 32 heavy (non-hydrogen) atoms. The summed E-state index contributed by atoms with van der Waals surface area (Å²) < 4.78 is 1.47. The maximum Gasteiger partial charge on any atom is 0.0786 e. The largest absolute Gasteiger partial charge is 0.870 e. The Morgan fingerprint density at radius 3 is 0.688 bits per heavy atom. The SMILES string of the molecule is CCCCCCCC[N+](CCCCCCC)(CCCCCCC)CCCCCCCC.[OH-]. The highest BCUT2D eigenvalue weighted by Gasteiger charge is 2.25. The van der Waals surface area contributed by atoms with Crippen molar-refractivity contribution in [2.75, 3.05) is 26.2 Å². The van der Waals surface area contributed by atoms with E-state index in [1.165, 1.54) is 172 Å². The molecule has 0 aromatic heterocycles. The first-order valence-electron chi connectivity index (χ1n) is 15.1. The molecule has 0 radical (unpaired) electrons. The van der Waals surface area contributed by atoms with Gasteiger partial charge in [-0.2, -0.15) is 0 Å². The van der Waals surface area contributed by atoms with E-state index in [0.29, 0.717) is 0 Å². The Kier molecular flexibility index (Phi) is 28.9. The molecule has 0 aliphatic rings. The molecule has 196 valence electrons. The van der Waals surface area contributed by atoms with Crippen molar-refractivity contribution in [3.8, 4) is 0 Å². The molecular weight excluding hydrogens is 390 g/mol. The third-order valence-corrected chi connectivity index (χ3v) is 7.44. The first-order valence-corrected chi connectivity index (χ1v) is 15.1. The average molecular weight is 456 g/mol. The van der Waals surface area contributed by atoms with Crippen LogP contribution in [-0.2, 0) is 0 Å². The lowest BCUT2D eigenvalue weighted by Gasteiger charge is -2.40. The molecule has 1 N–H and O–H groups in total. The van der Waals surface area contributed by atoms with Gasteiger partial charge in [0.25, 0.3) is 0 Å². The minimum atomic E-state index is 0. The van der Waals surface area contributed by atoms with E-state index in [4.69, 9.17) is 0 Å². The summed E-state index contributed by atoms with van der Waals surface area (Å²) >= 11 is 0. The predicted octanol–water partition coefficient (Wildman–Crippen LogP) is 10.3. The number of unbranched alkanes of at least 4 members (excludes halogenated alkanes) is 18. The second-order valence-corrected chi connectivity index (χ2v) is 10.6. The van der Waals surface area contributed by atoms with Crippen LogP contribution in [0.15, 0.2) is 0 Å². The molecule has 0 spiro atoms. The minimum absolute atomic E-state index is 0. The van der Waals surface area contributed by atoms with Gasteiger partial charge in [-0.3, -0.25) is 0 Å². The topological polar surface area (TPSA) is 30.0 Å². The second-order valence-electron chi connectivity index (χ2n) is 10.6. The van der Waals surface area contributed by atoms with Crippen molar-refractivity contribution in [1.29, 1.82) is 0 Å². The Hall–Kier alpha value is -0.0800. The molecule has 0 aliphatic carbocycles. The maximum atomic E-state index is 2.34. The van der Waals surface area contributed by atoms with Gasteiger partial charge in [-0.1, -0.05) is 118 Å². The molecule has 0 aromatic rings. The smallest absolute Gasteiger partial charge is 0.0786 e. The maximum absolute atomic E-state index is 2.34. The Morgan fingerprint density at radius 1 is 0.281 bits per heavy atom. The van der Waals surface area contributed by atoms with Crippen LogP contribution in [0.3, 0.4) is 0 Å². The van der Waals surface area contributed by atoms with Gasteiger partial charge < -0.3 is 9.96 Å². The Morgan fingerprint density at radius 2 is 0.469 bits per heavy atom. The van der Waals surface area contributed by atoms with E-state index in [-0.39, 0.29) is 5.48 Å². The van der Waals surface area contributed by atoms with Crippen molar-refractivity contribution in [2.45, 2.75) is 169 Å². The molecule has 2 heteroatoms. The average Bonchev–Trinajstić information content (AvgIpc) is 2.78. The zero-order valence-electron chi connectivity index (χ0n) is 23.3. The van der Waals surface area contributed by atoms with E-state index in [1.807, 2.05) is 0 Å². The predicted molar refractivity (Wildman–Crippen MR) is 146 cm³/mol. The van der Waals surface area contributed by atoms with Crippen LogP contribution in [0, 0.1) is 0 Å². The Bertz CT molecular complexity index is 299. The van der Waals surface area contributed by atoms with Crippen molar-refractivity contribution in [3.63, 3.8) is 0 Å². The van der Waals surface area contributed by atoms with Gasteiger partial charge >= 0.3 is 0 Å². The lowest BCUT2D eigenvalue weighted by Crippen LogP contribution is -2.50. The van der Waals surface area contributed by atoms with Crippen LogP contribution in [0.2, 0.25) is 0 Å². The van der Waals surface area contributed by atoms with E-state index >= 15 is 0 Å². The quantitative estimate of drug-likeness (QED) is 0.0941. The van der Waals surface area contributed by atoms with Crippen LogP contribution in [0.4, 0.5) is 0 Å². The monoisotopic (exact) mass is 456 g/mol. The molecule has 0 aliphatic heterocycles. The lowest BCUT2D eigenvalue weighted by atomic mass is 10.0. The summed E-state index contributed by atoms with van der Waals surface area (Å²) in [5.41, 5.74) is 0. The van der Waals surface area contributed by atoms with Gasteiger partial charge in [-0.05, 0) is 51.4 Å². The van der Waals surface area contributed by atoms with Gasteiger partial charge in [0.1, 0.15) is 0 Å². The van der Waals surface area contributed by atoms with Crippen molar-refractivity contribution in [2.24, 2.45) is 0 Å². The van der Waals surface area contributed by atoms with E-state index in [9.17, 15) is 0 Å². The number of rotatable bonds is 26. The van der Waals surface area contributed by atoms with E-state index in [2.05, 4.69) is 27.7 Å². The molecule has 0 atom stereocenters. The molecule has 0 amide bonds. The van der Waals surface area contributed by atoms with Crippen LogP contribution in [-0.4, -0.2) is 36.1 Å². The van der Waals surface area contributed by atoms with Crippen LogP contribution < -0.4 is 0 Å². The molecule has 0 unspecified atom stereocenters. The molecule has 0 fully saturated rings. The number of hydrogen-bond donors (Lipinski definition) is 0. The lowest BCUT2D eigenvalue weighted by molar-refractivity contribution is -0.929. The molecular formula is C30H65NO. The summed E-state index contributed by atoms with van der Waals surface area (Å²) in [4.78, 5) is 0. The van der Waals surface area contributed by atoms with E-state index in [0.717, 1.165) is 0 Å². The first kappa shape index (κ1) is 34.1. The van der Waals surface area contributed by atoms with Gasteiger partial charge in [0, 0.05) is 0 Å². The summed E-state index contributed by atoms with van der Waals surface area (Å²) in [5.74, 6) is 0. The molecule has 0 aromatic carbocycles. The second kappa shape index (κ2) is 27.2. The fourth-order valence-electron chi connectivity index (χ4n) is 5.23. The molecule has 0 rings (SSSR count). The minimum Gasteiger partial charge on any atom is -0.870 e. The fraction of sp³-hybridized carbons (Fsp3) is 1.00. The highest BCUT2D eigenvalue weighted by atomic mass is 16.0. The van der Waals surface area contributed by atoms with Crippen LogP contribution in [0.1, 0.15) is 169 Å². The fourth-order valence-corrected chi connectivity index (χ4v) is 5.23. The van der Waals surface area contributed by atoms with Crippen molar-refractivity contribution < 1.29 is 9.96 Å². The Balaban J connectivity index is 0. The van der Waals surface area contributed by atoms with Crippen molar-refractivity contribution in [1.82, 2.24) is 0 Å². The summed E-state index contributed by atoms with van der Waals surface area (Å²) in [6.45, 7) is 15.2. The van der Waals surface area contributed by atoms with Gasteiger partial charge in [-0.25, -0.2) is 0 Å². The van der Waals surface area contributed by atoms with Crippen LogP contribution in [0.5, 0.6) is 0 Å². The summed E-state index contributed by atoms with van der Waals surface area (Å²) in [6, 6.07) is 0. The normalized spacial score (nSPS) is 11.6. The zero-order valence-corrected chi connectivity index (χ0v) is 23.3. The number of quaternary nitrogens is 1. The summed E-state index contributed by atoms with van der Waals surface area (Å²) in [5, 5.41) is 0. The van der Waals surface area contributed by atoms with Gasteiger partial charge in [0.2, 0.25) is 0 Å². The molecule has 0 saturated heterocycles. The molecule has 0 saturated carbocycles. The number of hydrogen-bond acceptors (Lipinski definition) is 1. The standard InChI is InChI=1S/C30H64N.H2O/c1-5-9-13-17-21-25-29-31(27-23-19-15-11-7-3,28-24-20-16-12-8-4)30-26-22-18-14-10-6-2;/h5-30H2,1-4H3;1H2/q+1;/p-1. The van der Waals surface area contributed by atoms with Crippen LogP contribution in [0.25, 0.3) is 0 Å². The van der Waals surface area contributed by atoms with Crippen molar-refractivity contribution >= 4 is 0 Å². The van der Waals surface area contributed by atoms with Gasteiger partial charge in [-0.15, -0.1) is 0 Å². The Labute approximate surface area is 205 Å². The van der Waals surface area contributed by atoms with E-state index in [1.54, 1.807) is 0 Å². The summed E-state index contributed by atoms with van der Waals surface area (Å²) in [7, 11) is 0. The third kappa shape index (κ3) is 21.7. The zero-order chi connectivity index (χ0) is 22.9. The van der Waals surface area contributed by atoms with E-state index < -0.39 is 0 Å². The molecule has 2 nitrogen and oxygen atoms in total. The number of nitrogens with zero attached hydrogens (tertiary/aromatic N) is 1. The van der Waals surface area contributed by atoms with Crippen molar-refractivity contribution in [3.05, 3.63) is 0 Å². The van der Waals surface area contributed by atoms with Gasteiger partial charge in [0.15, 0.2) is 0 Å². The first-order chi connectivity index (χ1) is 15.2. The highest BCUT2D eigenvalue weighted by molar-refractivity contribution is 4.54. The third-order valence-electron chi connectivity index (χ3n) is 7.44. The van der Waals surface area contributed by atoms with Gasteiger partial charge in [0.05, 0.1) is 26.2 Å².